The van der Waals surface area contributed by atoms with Gasteiger partial charge in [0.1, 0.15) is 0 Å². The van der Waals surface area contributed by atoms with Crippen molar-refractivity contribution < 1.29 is 19.3 Å². The number of aryl methyl sites for hydroxylation is 1. The molecule has 0 aromatic heterocycles. The van der Waals surface area contributed by atoms with Gasteiger partial charge in [0.2, 0.25) is 0 Å². The van der Waals surface area contributed by atoms with Crippen molar-refractivity contribution in [3.8, 4) is 0 Å². The summed E-state index contributed by atoms with van der Waals surface area (Å²) in [5, 5.41) is 17.0. The summed E-state index contributed by atoms with van der Waals surface area (Å²) in [7, 11) is 0. The number of nitrogens with two attached hydrogens (primary N) is 1. The smallest absolute Gasteiger partial charge is 0.323 e. The molecule has 190 valence electrons. The van der Waals surface area contributed by atoms with Crippen molar-refractivity contribution in [2.24, 2.45) is 5.73 Å². The lowest BCUT2D eigenvalue weighted by atomic mass is 9.92. The number of benzene rings is 2. The van der Waals surface area contributed by atoms with Crippen molar-refractivity contribution >= 4 is 29.2 Å². The van der Waals surface area contributed by atoms with Crippen LogP contribution < -0.4 is 16.4 Å². The lowest BCUT2D eigenvalue weighted by Crippen LogP contribution is -2.56. The van der Waals surface area contributed by atoms with Crippen molar-refractivity contribution in [1.82, 2.24) is 15.1 Å². The normalized spacial score (nSPS) is 21.7. The van der Waals surface area contributed by atoms with Crippen LogP contribution >= 0.6 is 0 Å². The van der Waals surface area contributed by atoms with Gasteiger partial charge in [-0.15, -0.1) is 0 Å². The van der Waals surface area contributed by atoms with Crippen molar-refractivity contribution in [3.05, 3.63) is 69.8 Å². The van der Waals surface area contributed by atoms with Crippen LogP contribution in [-0.4, -0.2) is 63.9 Å². The number of nitrogens with zero attached hydrogens (tertiary/aromatic N) is 3. The van der Waals surface area contributed by atoms with Crippen LogP contribution in [-0.2, 0) is 4.79 Å². The van der Waals surface area contributed by atoms with E-state index < -0.39 is 28.9 Å². The molecule has 1 aliphatic heterocycles. The van der Waals surface area contributed by atoms with E-state index in [1.165, 1.54) is 34.1 Å². The summed E-state index contributed by atoms with van der Waals surface area (Å²) in [4.78, 5) is 53.3. The fourth-order valence-electron chi connectivity index (χ4n) is 4.71. The van der Waals surface area contributed by atoms with E-state index in [-0.39, 0.29) is 36.4 Å². The molecule has 1 atom stereocenters. The largest absolute Gasteiger partial charge is 0.350 e. The van der Waals surface area contributed by atoms with Crippen LogP contribution in [0.15, 0.2) is 48.5 Å². The monoisotopic (exact) mass is 494 g/mol. The molecular formula is C25H30N6O5. The number of nitro benzene ring substituents is 1. The molecule has 1 saturated heterocycles. The van der Waals surface area contributed by atoms with E-state index in [0.29, 0.717) is 18.5 Å². The number of nitro groups is 1. The van der Waals surface area contributed by atoms with E-state index in [4.69, 9.17) is 5.73 Å². The summed E-state index contributed by atoms with van der Waals surface area (Å²) in [6, 6.07) is 12.1. The van der Waals surface area contributed by atoms with Crippen molar-refractivity contribution in [2.45, 2.75) is 50.9 Å². The zero-order valence-corrected chi connectivity index (χ0v) is 20.1. The van der Waals surface area contributed by atoms with Gasteiger partial charge in [-0.3, -0.25) is 24.6 Å². The molecule has 4 N–H and O–H groups in total. The molecule has 2 fully saturated rings. The molecule has 1 saturated carbocycles. The van der Waals surface area contributed by atoms with Gasteiger partial charge in [0.25, 0.3) is 17.5 Å². The Morgan fingerprint density at radius 2 is 1.69 bits per heavy atom. The SMILES string of the molecule is Cc1cccc(NC(=O)N2CCN(C(=O)c3cccc([N+](=O)[O-])c3)C2C(=O)NC2CCC(N)CC2)c1. The summed E-state index contributed by atoms with van der Waals surface area (Å²) >= 11 is 0. The van der Waals surface area contributed by atoms with Crippen molar-refractivity contribution in [1.29, 1.82) is 0 Å². The number of carbonyl (C=O) groups excluding carboxylic acids is 3. The molecular weight excluding hydrogens is 464 g/mol. The predicted octanol–water partition coefficient (Wildman–Crippen LogP) is 2.61. The molecule has 11 heteroatoms. The Hall–Kier alpha value is -3.99. The summed E-state index contributed by atoms with van der Waals surface area (Å²) in [5.41, 5.74) is 7.36. The molecule has 36 heavy (non-hydrogen) atoms. The molecule has 0 bridgehead atoms. The first-order valence-electron chi connectivity index (χ1n) is 12.0. The minimum Gasteiger partial charge on any atom is -0.350 e. The molecule has 0 radical (unpaired) electrons. The number of non-ortho nitro benzene ring substituents is 1. The van der Waals surface area contributed by atoms with Crippen LogP contribution in [0, 0.1) is 17.0 Å². The first kappa shape index (κ1) is 25.1. The Kier molecular flexibility index (Phi) is 7.49. The molecule has 1 heterocycles. The van der Waals surface area contributed by atoms with E-state index in [9.17, 15) is 24.5 Å². The van der Waals surface area contributed by atoms with Gasteiger partial charge in [-0.2, -0.15) is 0 Å². The van der Waals surface area contributed by atoms with E-state index in [0.717, 1.165) is 18.4 Å². The molecule has 1 aliphatic carbocycles. The molecule has 2 aromatic carbocycles. The number of rotatable bonds is 5. The van der Waals surface area contributed by atoms with E-state index >= 15 is 0 Å². The highest BCUT2D eigenvalue weighted by Crippen LogP contribution is 2.24. The van der Waals surface area contributed by atoms with Gasteiger partial charge >= 0.3 is 6.03 Å². The number of hydrogen-bond acceptors (Lipinski definition) is 6. The predicted molar refractivity (Wildman–Crippen MR) is 133 cm³/mol. The van der Waals surface area contributed by atoms with Gasteiger partial charge in [0, 0.05) is 48.6 Å². The highest BCUT2D eigenvalue weighted by Gasteiger charge is 2.43. The third kappa shape index (κ3) is 5.62. The van der Waals surface area contributed by atoms with Gasteiger partial charge in [0.05, 0.1) is 4.92 Å². The summed E-state index contributed by atoms with van der Waals surface area (Å²) in [5.74, 6) is -1.03. The Labute approximate surface area is 208 Å². The highest BCUT2D eigenvalue weighted by atomic mass is 16.6. The number of hydrogen-bond donors (Lipinski definition) is 3. The standard InChI is InChI=1S/C25H30N6O5/c1-16-4-2-6-20(14-16)28-25(34)30-13-12-29(24(33)17-5-3-7-21(15-17)31(35)36)23(30)22(32)27-19-10-8-18(26)9-11-19/h2-7,14-15,18-19,23H,8-13,26H2,1H3,(H,27,32)(H,28,34). The van der Waals surface area contributed by atoms with Crippen LogP contribution in [0.25, 0.3) is 0 Å². The van der Waals surface area contributed by atoms with E-state index in [2.05, 4.69) is 10.6 Å². The van der Waals surface area contributed by atoms with Crippen molar-refractivity contribution in [2.75, 3.05) is 18.4 Å². The Balaban J connectivity index is 1.58. The third-order valence-electron chi connectivity index (χ3n) is 6.62. The number of urea groups is 1. The van der Waals surface area contributed by atoms with Gasteiger partial charge in [-0.1, -0.05) is 18.2 Å². The van der Waals surface area contributed by atoms with Gasteiger partial charge in [-0.25, -0.2) is 4.79 Å². The highest BCUT2D eigenvalue weighted by molar-refractivity contribution is 6.01. The fraction of sp³-hybridized carbons (Fsp3) is 0.400. The molecule has 2 aromatic rings. The first-order valence-corrected chi connectivity index (χ1v) is 12.0. The first-order chi connectivity index (χ1) is 17.2. The van der Waals surface area contributed by atoms with Crippen LogP contribution in [0.5, 0.6) is 0 Å². The molecule has 4 rings (SSSR count). The Morgan fingerprint density at radius 3 is 2.39 bits per heavy atom. The van der Waals surface area contributed by atoms with Crippen LogP contribution in [0.3, 0.4) is 0 Å². The second kappa shape index (κ2) is 10.7. The maximum Gasteiger partial charge on any atom is 0.323 e. The second-order valence-electron chi connectivity index (χ2n) is 9.29. The van der Waals surface area contributed by atoms with Gasteiger partial charge in [0.15, 0.2) is 6.17 Å². The topological polar surface area (TPSA) is 151 Å². The molecule has 11 nitrogen and oxygen atoms in total. The fourth-order valence-corrected chi connectivity index (χ4v) is 4.71. The molecule has 1 unspecified atom stereocenters. The van der Waals surface area contributed by atoms with E-state index in [1.54, 1.807) is 12.1 Å². The lowest BCUT2D eigenvalue weighted by molar-refractivity contribution is -0.384. The molecule has 4 amide bonds. The summed E-state index contributed by atoms with van der Waals surface area (Å²) in [6.45, 7) is 2.14. The zero-order valence-electron chi connectivity index (χ0n) is 20.1. The Bertz CT molecular complexity index is 1160. The van der Waals surface area contributed by atoms with Gasteiger partial charge in [-0.05, 0) is 56.4 Å². The molecule has 2 aliphatic rings. The van der Waals surface area contributed by atoms with E-state index in [1.807, 2.05) is 19.1 Å². The minimum absolute atomic E-state index is 0.0755. The summed E-state index contributed by atoms with van der Waals surface area (Å²) in [6.07, 6.45) is 1.80. The van der Waals surface area contributed by atoms with Crippen LogP contribution in [0.2, 0.25) is 0 Å². The zero-order chi connectivity index (χ0) is 25.8. The van der Waals surface area contributed by atoms with Crippen LogP contribution in [0.4, 0.5) is 16.2 Å². The average molecular weight is 495 g/mol. The molecule has 0 spiro atoms. The number of nitrogens with one attached hydrogen (secondary N) is 2. The summed E-state index contributed by atoms with van der Waals surface area (Å²) < 4.78 is 0. The third-order valence-corrected chi connectivity index (χ3v) is 6.62. The maximum atomic E-state index is 13.5. The average Bonchev–Trinajstić information content (AvgIpc) is 3.30. The number of anilines is 1. The number of carbonyl (C=O) groups is 3. The number of amides is 4. The van der Waals surface area contributed by atoms with Crippen LogP contribution in [0.1, 0.15) is 41.6 Å². The quantitative estimate of drug-likeness (QED) is 0.429. The minimum atomic E-state index is -1.20. The van der Waals surface area contributed by atoms with Gasteiger partial charge < -0.3 is 21.3 Å². The maximum absolute atomic E-state index is 13.5. The lowest BCUT2D eigenvalue weighted by Gasteiger charge is -2.32. The second-order valence-corrected chi connectivity index (χ2v) is 9.29. The Morgan fingerprint density at radius 1 is 1.00 bits per heavy atom. The van der Waals surface area contributed by atoms with Crippen molar-refractivity contribution in [3.63, 3.8) is 0 Å².